The number of nitrogen functional groups attached to an aromatic ring is 1. The van der Waals surface area contributed by atoms with E-state index in [1.54, 1.807) is 18.2 Å². The van der Waals surface area contributed by atoms with Crippen molar-refractivity contribution >= 4 is 11.6 Å². The van der Waals surface area contributed by atoms with E-state index in [4.69, 9.17) is 10.5 Å². The molecule has 0 aromatic heterocycles. The van der Waals surface area contributed by atoms with Crippen LogP contribution < -0.4 is 10.5 Å². The van der Waals surface area contributed by atoms with Crippen molar-refractivity contribution in [2.75, 3.05) is 25.9 Å². The fourth-order valence-corrected chi connectivity index (χ4v) is 1.99. The molecule has 0 spiro atoms. The Kier molecular flexibility index (Phi) is 3.40. The molecule has 4 N–H and O–H groups in total. The maximum Gasteiger partial charge on any atom is 0.257 e. The predicted molar refractivity (Wildman–Crippen MR) is 65.3 cm³/mol. The summed E-state index contributed by atoms with van der Waals surface area (Å²) in [5.74, 6) is 0.0957. The fraction of sp³-hybridized carbons (Fsp3) is 0.417. The van der Waals surface area contributed by atoms with E-state index in [2.05, 4.69) is 0 Å². The highest BCUT2D eigenvalue weighted by Crippen LogP contribution is 2.24. The zero-order valence-electron chi connectivity index (χ0n) is 10.0. The molecule has 6 heteroatoms. The normalized spacial score (nSPS) is 23.2. The summed E-state index contributed by atoms with van der Waals surface area (Å²) < 4.78 is 5.11. The first kappa shape index (κ1) is 12.7. The average molecular weight is 252 g/mol. The van der Waals surface area contributed by atoms with Crippen LogP contribution in [0.3, 0.4) is 0 Å². The molecule has 0 saturated carbocycles. The van der Waals surface area contributed by atoms with E-state index in [9.17, 15) is 15.0 Å². The second-order valence-electron chi connectivity index (χ2n) is 4.30. The van der Waals surface area contributed by atoms with Gasteiger partial charge in [-0.3, -0.25) is 4.79 Å². The van der Waals surface area contributed by atoms with E-state index < -0.39 is 12.2 Å². The van der Waals surface area contributed by atoms with Crippen LogP contribution in [0, 0.1) is 0 Å². The molecule has 98 valence electrons. The van der Waals surface area contributed by atoms with E-state index in [0.717, 1.165) is 0 Å². The number of anilines is 1. The van der Waals surface area contributed by atoms with Crippen LogP contribution in [0.2, 0.25) is 0 Å². The van der Waals surface area contributed by atoms with E-state index in [-0.39, 0.29) is 19.0 Å². The molecule has 2 rings (SSSR count). The Morgan fingerprint density at radius 2 is 2.00 bits per heavy atom. The van der Waals surface area contributed by atoms with Crippen molar-refractivity contribution in [3.63, 3.8) is 0 Å². The quantitative estimate of drug-likeness (QED) is 0.614. The highest BCUT2D eigenvalue weighted by molar-refractivity contribution is 5.97. The minimum Gasteiger partial charge on any atom is -0.496 e. The molecule has 1 aliphatic rings. The number of methoxy groups -OCH3 is 1. The predicted octanol–water partition coefficient (Wildman–Crippen LogP) is -0.545. The highest BCUT2D eigenvalue weighted by atomic mass is 16.5. The van der Waals surface area contributed by atoms with Crippen LogP contribution in [0.1, 0.15) is 10.4 Å². The first-order valence-electron chi connectivity index (χ1n) is 5.62. The van der Waals surface area contributed by atoms with Crippen molar-refractivity contribution in [1.29, 1.82) is 0 Å². The van der Waals surface area contributed by atoms with Gasteiger partial charge in [-0.05, 0) is 12.1 Å². The Morgan fingerprint density at radius 1 is 1.39 bits per heavy atom. The number of aliphatic hydroxyl groups excluding tert-OH is 2. The first-order valence-corrected chi connectivity index (χ1v) is 5.62. The van der Waals surface area contributed by atoms with Gasteiger partial charge < -0.3 is 25.6 Å². The lowest BCUT2D eigenvalue weighted by Crippen LogP contribution is -2.30. The Bertz CT molecular complexity index is 453. The van der Waals surface area contributed by atoms with E-state index in [1.807, 2.05) is 0 Å². The largest absolute Gasteiger partial charge is 0.496 e. The molecule has 1 aliphatic heterocycles. The van der Waals surface area contributed by atoms with Gasteiger partial charge >= 0.3 is 0 Å². The molecule has 1 saturated heterocycles. The molecular weight excluding hydrogens is 236 g/mol. The summed E-state index contributed by atoms with van der Waals surface area (Å²) in [7, 11) is 1.46. The summed E-state index contributed by atoms with van der Waals surface area (Å²) >= 11 is 0. The number of β-amino-alcohol motifs (C(OH)–C–C–N with tert-alkyl or cyclic N) is 2. The van der Waals surface area contributed by atoms with Crippen molar-refractivity contribution in [3.8, 4) is 5.75 Å². The zero-order chi connectivity index (χ0) is 13.3. The summed E-state index contributed by atoms with van der Waals surface area (Å²) in [4.78, 5) is 13.6. The number of nitrogens with zero attached hydrogens (tertiary/aromatic N) is 1. The summed E-state index contributed by atoms with van der Waals surface area (Å²) in [5.41, 5.74) is 6.49. The van der Waals surface area contributed by atoms with Gasteiger partial charge in [-0.25, -0.2) is 0 Å². The van der Waals surface area contributed by atoms with E-state index in [1.165, 1.54) is 12.0 Å². The molecule has 0 aliphatic carbocycles. The van der Waals surface area contributed by atoms with Gasteiger partial charge in [-0.1, -0.05) is 0 Å². The van der Waals surface area contributed by atoms with Crippen LogP contribution in [-0.2, 0) is 0 Å². The van der Waals surface area contributed by atoms with Gasteiger partial charge in [-0.15, -0.1) is 0 Å². The molecule has 1 aromatic rings. The standard InChI is InChI=1S/C12H16N2O4/c1-18-11-4-7(13)2-3-8(11)12(17)14-5-9(15)10(16)6-14/h2-4,9-10,15-16H,5-6,13H2,1H3. The van der Waals surface area contributed by atoms with Crippen LogP contribution in [0.25, 0.3) is 0 Å². The topological polar surface area (TPSA) is 96.0 Å². The third-order valence-corrected chi connectivity index (χ3v) is 3.00. The third kappa shape index (κ3) is 2.25. The van der Waals surface area contributed by atoms with Gasteiger partial charge in [0, 0.05) is 24.8 Å². The molecule has 2 unspecified atom stereocenters. The van der Waals surface area contributed by atoms with Crippen molar-refractivity contribution < 1.29 is 19.7 Å². The summed E-state index contributed by atoms with van der Waals surface area (Å²) in [6.07, 6.45) is -1.79. The smallest absolute Gasteiger partial charge is 0.257 e. The van der Waals surface area contributed by atoms with Crippen LogP contribution in [0.15, 0.2) is 18.2 Å². The summed E-state index contributed by atoms with van der Waals surface area (Å²) in [6, 6.07) is 4.75. The van der Waals surface area contributed by atoms with Crippen LogP contribution in [0.5, 0.6) is 5.75 Å². The maximum atomic E-state index is 12.2. The van der Waals surface area contributed by atoms with Crippen molar-refractivity contribution in [3.05, 3.63) is 23.8 Å². The number of rotatable bonds is 2. The molecular formula is C12H16N2O4. The van der Waals surface area contributed by atoms with Gasteiger partial charge in [0.2, 0.25) is 0 Å². The van der Waals surface area contributed by atoms with Gasteiger partial charge in [0.25, 0.3) is 5.91 Å². The van der Waals surface area contributed by atoms with Crippen LogP contribution in [0.4, 0.5) is 5.69 Å². The second kappa shape index (κ2) is 4.83. The molecule has 18 heavy (non-hydrogen) atoms. The number of carbonyl (C=O) groups excluding carboxylic acids is 1. The lowest BCUT2D eigenvalue weighted by molar-refractivity contribution is 0.0572. The SMILES string of the molecule is COc1cc(N)ccc1C(=O)N1CC(O)C(O)C1. The average Bonchev–Trinajstić information content (AvgIpc) is 2.68. The second-order valence-corrected chi connectivity index (χ2v) is 4.30. The Labute approximate surface area is 105 Å². The molecule has 1 amide bonds. The molecule has 0 radical (unpaired) electrons. The molecule has 6 nitrogen and oxygen atoms in total. The molecule has 1 aromatic carbocycles. The van der Waals surface area contributed by atoms with Crippen LogP contribution >= 0.6 is 0 Å². The van der Waals surface area contributed by atoms with Gasteiger partial charge in [-0.2, -0.15) is 0 Å². The number of aliphatic hydroxyl groups is 2. The fourth-order valence-electron chi connectivity index (χ4n) is 1.99. The van der Waals surface area contributed by atoms with Gasteiger partial charge in [0.1, 0.15) is 5.75 Å². The van der Waals surface area contributed by atoms with E-state index in [0.29, 0.717) is 17.0 Å². The monoisotopic (exact) mass is 252 g/mol. The molecule has 0 bridgehead atoms. The third-order valence-electron chi connectivity index (χ3n) is 3.00. The number of nitrogens with two attached hydrogens (primary N) is 1. The Balaban J connectivity index is 2.24. The lowest BCUT2D eigenvalue weighted by Gasteiger charge is -2.17. The van der Waals surface area contributed by atoms with Gasteiger partial charge in [0.15, 0.2) is 0 Å². The number of hydrogen-bond acceptors (Lipinski definition) is 5. The number of benzene rings is 1. The molecule has 2 atom stereocenters. The Hall–Kier alpha value is -1.79. The molecule has 1 heterocycles. The highest BCUT2D eigenvalue weighted by Gasteiger charge is 2.33. The number of carbonyl (C=O) groups is 1. The first-order chi connectivity index (χ1) is 8.52. The lowest BCUT2D eigenvalue weighted by atomic mass is 10.1. The number of ether oxygens (including phenoxy) is 1. The van der Waals surface area contributed by atoms with Crippen molar-refractivity contribution in [2.24, 2.45) is 0 Å². The summed E-state index contributed by atoms with van der Waals surface area (Å²) in [5, 5.41) is 18.9. The minimum absolute atomic E-state index is 0.119. The van der Waals surface area contributed by atoms with Crippen molar-refractivity contribution in [2.45, 2.75) is 12.2 Å². The maximum absolute atomic E-state index is 12.2. The zero-order valence-corrected chi connectivity index (χ0v) is 10.0. The van der Waals surface area contributed by atoms with Gasteiger partial charge in [0.05, 0.1) is 24.9 Å². The minimum atomic E-state index is -0.895. The van der Waals surface area contributed by atoms with E-state index >= 15 is 0 Å². The van der Waals surface area contributed by atoms with Crippen LogP contribution in [-0.4, -0.2) is 53.4 Å². The van der Waals surface area contributed by atoms with Crippen molar-refractivity contribution in [1.82, 2.24) is 4.90 Å². The number of amides is 1. The summed E-state index contributed by atoms with van der Waals surface area (Å²) in [6.45, 7) is 0.237. The molecule has 1 fully saturated rings. The number of hydrogen-bond donors (Lipinski definition) is 3. The Morgan fingerprint density at radius 3 is 2.56 bits per heavy atom. The number of likely N-dealkylation sites (tertiary alicyclic amines) is 1.